The maximum absolute atomic E-state index is 9.16. The van der Waals surface area contributed by atoms with E-state index < -0.39 is 6.10 Å². The number of hydrogen-bond acceptors (Lipinski definition) is 4. The Morgan fingerprint density at radius 2 is 2.42 bits per heavy atom. The van der Waals surface area contributed by atoms with Gasteiger partial charge in [0.15, 0.2) is 0 Å². The predicted octanol–water partition coefficient (Wildman–Crippen LogP) is -0.940. The minimum Gasteiger partial charge on any atom is -0.394 e. The van der Waals surface area contributed by atoms with E-state index >= 15 is 0 Å². The molecule has 0 spiro atoms. The van der Waals surface area contributed by atoms with Gasteiger partial charge < -0.3 is 14.9 Å². The summed E-state index contributed by atoms with van der Waals surface area (Å²) < 4.78 is 5.34. The van der Waals surface area contributed by atoms with Gasteiger partial charge in [-0.3, -0.25) is 4.90 Å². The highest BCUT2D eigenvalue weighted by molar-refractivity contribution is 4.70. The number of ether oxygens (including phenoxy) is 1. The van der Waals surface area contributed by atoms with E-state index in [9.17, 15) is 0 Å². The molecule has 0 amide bonds. The van der Waals surface area contributed by atoms with Gasteiger partial charge in [-0.25, -0.2) is 0 Å². The number of rotatable bonds is 3. The summed E-state index contributed by atoms with van der Waals surface area (Å²) in [4.78, 5) is 2.11. The third kappa shape index (κ3) is 3.06. The van der Waals surface area contributed by atoms with Gasteiger partial charge in [0.25, 0.3) is 0 Å². The first-order chi connectivity index (χ1) is 5.72. The molecule has 1 fully saturated rings. The molecule has 1 aliphatic rings. The van der Waals surface area contributed by atoms with Crippen molar-refractivity contribution < 1.29 is 14.9 Å². The van der Waals surface area contributed by atoms with Crippen molar-refractivity contribution in [3.8, 4) is 0 Å². The van der Waals surface area contributed by atoms with Gasteiger partial charge >= 0.3 is 0 Å². The second-order valence-corrected chi connectivity index (χ2v) is 3.28. The molecule has 1 aliphatic heterocycles. The van der Waals surface area contributed by atoms with Crippen molar-refractivity contribution in [1.29, 1.82) is 0 Å². The summed E-state index contributed by atoms with van der Waals surface area (Å²) in [7, 11) is 0. The molecule has 0 saturated carbocycles. The van der Waals surface area contributed by atoms with Gasteiger partial charge in [0.1, 0.15) is 0 Å². The zero-order valence-corrected chi connectivity index (χ0v) is 7.44. The van der Waals surface area contributed by atoms with Crippen LogP contribution in [0.25, 0.3) is 0 Å². The fourth-order valence-corrected chi connectivity index (χ4v) is 1.41. The summed E-state index contributed by atoms with van der Waals surface area (Å²) in [6.45, 7) is 4.81. The topological polar surface area (TPSA) is 52.9 Å². The third-order valence-electron chi connectivity index (χ3n) is 2.00. The lowest BCUT2D eigenvalue weighted by Gasteiger charge is -2.31. The second-order valence-electron chi connectivity index (χ2n) is 3.28. The first-order valence-electron chi connectivity index (χ1n) is 4.35. The molecular formula is C8H17NO3. The lowest BCUT2D eigenvalue weighted by Crippen LogP contribution is -2.45. The van der Waals surface area contributed by atoms with Gasteiger partial charge in [-0.15, -0.1) is 0 Å². The van der Waals surface area contributed by atoms with E-state index in [-0.39, 0.29) is 12.7 Å². The summed E-state index contributed by atoms with van der Waals surface area (Å²) in [5, 5.41) is 17.8. The van der Waals surface area contributed by atoms with Gasteiger partial charge in [-0.2, -0.15) is 0 Å². The largest absolute Gasteiger partial charge is 0.394 e. The van der Waals surface area contributed by atoms with E-state index in [1.165, 1.54) is 0 Å². The van der Waals surface area contributed by atoms with Crippen molar-refractivity contribution in [1.82, 2.24) is 4.90 Å². The minimum absolute atomic E-state index is 0.161. The van der Waals surface area contributed by atoms with E-state index in [1.807, 2.05) is 6.92 Å². The molecule has 4 heteroatoms. The first-order valence-corrected chi connectivity index (χ1v) is 4.35. The first kappa shape index (κ1) is 9.92. The zero-order chi connectivity index (χ0) is 8.97. The number of aliphatic hydroxyl groups excluding tert-OH is 2. The van der Waals surface area contributed by atoms with Crippen LogP contribution in [0.4, 0.5) is 0 Å². The Morgan fingerprint density at radius 1 is 1.67 bits per heavy atom. The molecule has 1 heterocycles. The molecule has 1 saturated heterocycles. The number of hydrogen-bond donors (Lipinski definition) is 2. The van der Waals surface area contributed by atoms with Gasteiger partial charge in [-0.1, -0.05) is 0 Å². The number of aliphatic hydroxyl groups is 2. The van der Waals surface area contributed by atoms with Crippen LogP contribution in [-0.2, 0) is 4.74 Å². The number of morpholine rings is 1. The molecule has 2 unspecified atom stereocenters. The van der Waals surface area contributed by atoms with E-state index in [2.05, 4.69) is 4.90 Å². The lowest BCUT2D eigenvalue weighted by molar-refractivity contribution is -0.0375. The molecule has 72 valence electrons. The molecule has 2 N–H and O–H groups in total. The maximum Gasteiger partial charge on any atom is 0.0897 e. The molecule has 2 atom stereocenters. The van der Waals surface area contributed by atoms with Crippen LogP contribution in [0.1, 0.15) is 6.92 Å². The average Bonchev–Trinajstić information content (AvgIpc) is 2.04. The summed E-state index contributed by atoms with van der Waals surface area (Å²) in [5.41, 5.74) is 0. The van der Waals surface area contributed by atoms with Crippen molar-refractivity contribution >= 4 is 0 Å². The van der Waals surface area contributed by atoms with Crippen LogP contribution in [0.3, 0.4) is 0 Å². The Bertz CT molecular complexity index is 131. The van der Waals surface area contributed by atoms with Crippen LogP contribution in [0, 0.1) is 0 Å². The van der Waals surface area contributed by atoms with Crippen molar-refractivity contribution in [3.63, 3.8) is 0 Å². The summed E-state index contributed by atoms with van der Waals surface area (Å²) >= 11 is 0. The van der Waals surface area contributed by atoms with Gasteiger partial charge in [0.2, 0.25) is 0 Å². The zero-order valence-electron chi connectivity index (χ0n) is 7.44. The summed E-state index contributed by atoms with van der Waals surface area (Å²) in [5.74, 6) is 0. The molecule has 0 aliphatic carbocycles. The normalized spacial score (nSPS) is 28.8. The maximum atomic E-state index is 9.16. The van der Waals surface area contributed by atoms with Crippen molar-refractivity contribution in [3.05, 3.63) is 0 Å². The predicted molar refractivity (Wildman–Crippen MR) is 44.9 cm³/mol. The Morgan fingerprint density at radius 3 is 3.00 bits per heavy atom. The highest BCUT2D eigenvalue weighted by Crippen LogP contribution is 2.04. The van der Waals surface area contributed by atoms with Crippen LogP contribution < -0.4 is 0 Å². The van der Waals surface area contributed by atoms with Gasteiger partial charge in [-0.05, 0) is 6.92 Å². The SMILES string of the molecule is CC1CN(CC(O)CO)CCO1. The Hall–Kier alpha value is -0.160. The monoisotopic (exact) mass is 175 g/mol. The lowest BCUT2D eigenvalue weighted by atomic mass is 10.2. The average molecular weight is 175 g/mol. The van der Waals surface area contributed by atoms with Crippen molar-refractivity contribution in [2.45, 2.75) is 19.1 Å². The van der Waals surface area contributed by atoms with Gasteiger partial charge in [0.05, 0.1) is 25.4 Å². The molecule has 0 aromatic carbocycles. The fraction of sp³-hybridized carbons (Fsp3) is 1.00. The van der Waals surface area contributed by atoms with Crippen LogP contribution in [-0.4, -0.2) is 60.2 Å². The van der Waals surface area contributed by atoms with Gasteiger partial charge in [0, 0.05) is 19.6 Å². The van der Waals surface area contributed by atoms with E-state index in [4.69, 9.17) is 14.9 Å². The molecule has 0 bridgehead atoms. The quantitative estimate of drug-likeness (QED) is 0.581. The molecular weight excluding hydrogens is 158 g/mol. The number of nitrogens with zero attached hydrogens (tertiary/aromatic N) is 1. The minimum atomic E-state index is -0.615. The van der Waals surface area contributed by atoms with E-state index in [0.29, 0.717) is 6.54 Å². The van der Waals surface area contributed by atoms with Crippen LogP contribution in [0.15, 0.2) is 0 Å². The highest BCUT2D eigenvalue weighted by atomic mass is 16.5. The van der Waals surface area contributed by atoms with E-state index in [0.717, 1.165) is 19.7 Å². The third-order valence-corrected chi connectivity index (χ3v) is 2.00. The smallest absolute Gasteiger partial charge is 0.0897 e. The summed E-state index contributed by atoms with van der Waals surface area (Å²) in [6.07, 6.45) is -0.375. The van der Waals surface area contributed by atoms with Crippen LogP contribution in [0.2, 0.25) is 0 Å². The van der Waals surface area contributed by atoms with E-state index in [1.54, 1.807) is 0 Å². The van der Waals surface area contributed by atoms with Crippen LogP contribution >= 0.6 is 0 Å². The van der Waals surface area contributed by atoms with Crippen LogP contribution in [0.5, 0.6) is 0 Å². The Kier molecular flexibility index (Phi) is 3.94. The van der Waals surface area contributed by atoms with Crippen molar-refractivity contribution in [2.75, 3.05) is 32.8 Å². The highest BCUT2D eigenvalue weighted by Gasteiger charge is 2.18. The molecule has 4 nitrogen and oxygen atoms in total. The number of β-amino-alcohol motifs (C(OH)–C–C–N with tert-alkyl or cyclic N) is 1. The molecule has 0 aromatic heterocycles. The Labute approximate surface area is 72.7 Å². The van der Waals surface area contributed by atoms with Crippen molar-refractivity contribution in [2.24, 2.45) is 0 Å². The molecule has 0 aromatic rings. The summed E-state index contributed by atoms with van der Waals surface area (Å²) in [6, 6.07) is 0. The fourth-order valence-electron chi connectivity index (χ4n) is 1.41. The Balaban J connectivity index is 2.22. The standard InChI is InChI=1S/C8H17NO3/c1-7-4-9(2-3-12-7)5-8(11)6-10/h7-8,10-11H,2-6H2,1H3. The molecule has 1 rings (SSSR count). The second kappa shape index (κ2) is 4.77. The molecule has 12 heavy (non-hydrogen) atoms. The molecule has 0 radical (unpaired) electrons.